The quantitative estimate of drug-likeness (QED) is 0.551. The zero-order valence-electron chi connectivity index (χ0n) is 18.9. The van der Waals surface area contributed by atoms with Crippen LogP contribution in [-0.4, -0.2) is 50.3 Å². The Morgan fingerprint density at radius 2 is 2.17 bits per heavy atom. The van der Waals surface area contributed by atoms with Crippen LogP contribution in [-0.2, 0) is 11.2 Å². The summed E-state index contributed by atoms with van der Waals surface area (Å²) in [4.78, 5) is 28.1. The molecule has 1 saturated carbocycles. The molecule has 2 aliphatic heterocycles. The molecule has 2 fully saturated rings. The van der Waals surface area contributed by atoms with Crippen molar-refractivity contribution in [3.05, 3.63) is 59.8 Å². The highest BCUT2D eigenvalue weighted by atomic mass is 19.1. The number of carbonyl (C=O) groups excluding carboxylic acids is 1. The number of nitriles is 1. The Morgan fingerprint density at radius 3 is 2.94 bits per heavy atom. The predicted octanol–water partition coefficient (Wildman–Crippen LogP) is 2.95. The van der Waals surface area contributed by atoms with Crippen molar-refractivity contribution in [2.24, 2.45) is 16.8 Å². The van der Waals surface area contributed by atoms with Gasteiger partial charge < -0.3 is 10.2 Å². The molecule has 0 unspecified atom stereocenters. The van der Waals surface area contributed by atoms with Gasteiger partial charge in [0.05, 0.1) is 24.6 Å². The number of aliphatic imine (C=N–C) groups is 1. The van der Waals surface area contributed by atoms with Crippen LogP contribution in [0.25, 0.3) is 5.52 Å². The number of aromatic nitrogens is 4. The van der Waals surface area contributed by atoms with Crippen LogP contribution >= 0.6 is 0 Å². The Balaban J connectivity index is 1.29. The standard InChI is InChI=1S/C25H23FN8O/c26-22-6-3-15(12-28-22)9-21(35)20-8-16(11-27)14-33(20)25-31-24(19-2-1-7-34(19)32-25)30-23-10-18(13-29-23)17-4-5-17/h1-3,6-7,10,12,16-17,20H,4-5,8-9,13-14H2,(H,29,30,31,32)/t16-,20+/m1/s1. The van der Waals surface area contributed by atoms with Gasteiger partial charge in [-0.1, -0.05) is 6.07 Å². The molecule has 5 heterocycles. The lowest BCUT2D eigenvalue weighted by Gasteiger charge is -2.24. The number of nitrogens with one attached hydrogen (secondary N) is 1. The molecular formula is C25H23FN8O. The number of anilines is 2. The van der Waals surface area contributed by atoms with E-state index in [4.69, 9.17) is 4.98 Å². The Morgan fingerprint density at radius 1 is 1.29 bits per heavy atom. The van der Waals surface area contributed by atoms with E-state index in [1.54, 1.807) is 15.5 Å². The number of rotatable bonds is 6. The third kappa shape index (κ3) is 4.25. The summed E-state index contributed by atoms with van der Waals surface area (Å²) in [5.74, 6) is 1.40. The van der Waals surface area contributed by atoms with Crippen LogP contribution in [0.4, 0.5) is 16.2 Å². The van der Waals surface area contributed by atoms with Gasteiger partial charge in [-0.3, -0.25) is 9.79 Å². The fraction of sp³-hybridized carbons (Fsp3) is 0.360. The molecule has 10 heteroatoms. The molecular weight excluding hydrogens is 447 g/mol. The number of ketones is 1. The van der Waals surface area contributed by atoms with Gasteiger partial charge in [0.1, 0.15) is 11.4 Å². The fourth-order valence-corrected chi connectivity index (χ4v) is 4.76. The Bertz CT molecular complexity index is 1400. The topological polar surface area (TPSA) is 112 Å². The normalized spacial score (nSPS) is 21.7. The molecule has 6 rings (SSSR count). The Hall–Kier alpha value is -4.13. The lowest BCUT2D eigenvalue weighted by Crippen LogP contribution is -2.38. The zero-order valence-corrected chi connectivity index (χ0v) is 18.9. The third-order valence-electron chi connectivity index (χ3n) is 6.76. The number of halogens is 1. The summed E-state index contributed by atoms with van der Waals surface area (Å²) in [6.45, 7) is 1.07. The van der Waals surface area contributed by atoms with E-state index >= 15 is 0 Å². The van der Waals surface area contributed by atoms with E-state index in [1.807, 2.05) is 18.3 Å². The number of Topliss-reactive ketones (excluding diaryl/α,β-unsaturated/α-hetero) is 1. The minimum absolute atomic E-state index is 0.0842. The highest BCUT2D eigenvalue weighted by Gasteiger charge is 2.38. The number of hydrogen-bond acceptors (Lipinski definition) is 8. The second-order valence-corrected chi connectivity index (χ2v) is 9.28. The van der Waals surface area contributed by atoms with E-state index in [-0.39, 0.29) is 18.1 Å². The largest absolute Gasteiger partial charge is 0.328 e. The van der Waals surface area contributed by atoms with Gasteiger partial charge in [-0.15, -0.1) is 5.10 Å². The van der Waals surface area contributed by atoms with Crippen LogP contribution < -0.4 is 10.2 Å². The second-order valence-electron chi connectivity index (χ2n) is 9.28. The van der Waals surface area contributed by atoms with Crippen LogP contribution in [0.1, 0.15) is 24.8 Å². The van der Waals surface area contributed by atoms with Crippen LogP contribution in [0.15, 0.2) is 53.3 Å². The molecule has 9 nitrogen and oxygen atoms in total. The Kier molecular flexibility index (Phi) is 5.25. The molecule has 3 aromatic rings. The lowest BCUT2D eigenvalue weighted by molar-refractivity contribution is -0.119. The Labute approximate surface area is 201 Å². The smallest absolute Gasteiger partial charge is 0.246 e. The molecule has 0 aromatic carbocycles. The van der Waals surface area contributed by atoms with Gasteiger partial charge in [-0.25, -0.2) is 9.50 Å². The third-order valence-corrected chi connectivity index (χ3v) is 6.76. The first-order chi connectivity index (χ1) is 17.1. The van der Waals surface area contributed by atoms with Gasteiger partial charge in [0.2, 0.25) is 11.9 Å². The van der Waals surface area contributed by atoms with Gasteiger partial charge in [-0.2, -0.15) is 14.6 Å². The van der Waals surface area contributed by atoms with E-state index in [0.29, 0.717) is 42.8 Å². The molecule has 176 valence electrons. The number of nitrogens with zero attached hydrogens (tertiary/aromatic N) is 7. The van der Waals surface area contributed by atoms with Gasteiger partial charge in [0, 0.05) is 25.4 Å². The van der Waals surface area contributed by atoms with Gasteiger partial charge in [0.25, 0.3) is 0 Å². The van der Waals surface area contributed by atoms with Gasteiger partial charge in [0.15, 0.2) is 11.6 Å². The van der Waals surface area contributed by atoms with Crippen LogP contribution in [0.3, 0.4) is 0 Å². The van der Waals surface area contributed by atoms with Crippen molar-refractivity contribution < 1.29 is 9.18 Å². The minimum atomic E-state index is -0.590. The van der Waals surface area contributed by atoms with Crippen molar-refractivity contribution in [3.63, 3.8) is 0 Å². The summed E-state index contributed by atoms with van der Waals surface area (Å²) in [5, 5.41) is 17.6. The highest BCUT2D eigenvalue weighted by molar-refractivity contribution is 6.07. The van der Waals surface area contributed by atoms with E-state index in [0.717, 1.165) is 11.4 Å². The number of hydrogen-bond donors (Lipinski definition) is 1. The molecule has 2 atom stereocenters. The first-order valence-electron chi connectivity index (χ1n) is 11.7. The molecule has 1 N–H and O–H groups in total. The molecule has 0 spiro atoms. The average Bonchev–Trinajstić information content (AvgIpc) is 3.24. The molecule has 3 aromatic heterocycles. The summed E-state index contributed by atoms with van der Waals surface area (Å²) >= 11 is 0. The van der Waals surface area contributed by atoms with Crippen molar-refractivity contribution in [1.29, 1.82) is 5.26 Å². The van der Waals surface area contributed by atoms with E-state index < -0.39 is 12.0 Å². The number of amidine groups is 1. The second kappa shape index (κ2) is 8.58. The molecule has 0 bridgehead atoms. The average molecular weight is 471 g/mol. The number of fused-ring (bicyclic) bond motifs is 1. The predicted molar refractivity (Wildman–Crippen MR) is 127 cm³/mol. The summed E-state index contributed by atoms with van der Waals surface area (Å²) < 4.78 is 14.9. The maximum atomic E-state index is 13.3. The number of pyridine rings is 1. The van der Waals surface area contributed by atoms with Crippen LogP contribution in [0, 0.1) is 29.1 Å². The van der Waals surface area contributed by atoms with Crippen molar-refractivity contribution in [3.8, 4) is 6.07 Å². The SMILES string of the molecule is N#C[C@H]1C[C@@H](C(=O)Cc2ccc(F)nc2)N(c2nc(NC3=NCC(C4CC4)=C3)c3cccn3n2)C1. The summed E-state index contributed by atoms with van der Waals surface area (Å²) in [5.41, 5.74) is 2.77. The molecule has 3 aliphatic rings. The van der Waals surface area contributed by atoms with Crippen molar-refractivity contribution in [2.75, 3.05) is 23.3 Å². The monoisotopic (exact) mass is 470 g/mol. The van der Waals surface area contributed by atoms with Crippen molar-refractivity contribution >= 4 is 28.9 Å². The molecule has 35 heavy (non-hydrogen) atoms. The number of carbonyl (C=O) groups is 1. The summed E-state index contributed by atoms with van der Waals surface area (Å²) in [6, 6.07) is 8.32. The van der Waals surface area contributed by atoms with Crippen molar-refractivity contribution in [2.45, 2.75) is 31.7 Å². The van der Waals surface area contributed by atoms with E-state index in [2.05, 4.69) is 32.5 Å². The van der Waals surface area contributed by atoms with Crippen LogP contribution in [0.5, 0.6) is 0 Å². The first kappa shape index (κ1) is 21.4. The van der Waals surface area contributed by atoms with E-state index in [9.17, 15) is 14.4 Å². The first-order valence-corrected chi connectivity index (χ1v) is 11.7. The van der Waals surface area contributed by atoms with Crippen molar-refractivity contribution in [1.82, 2.24) is 19.6 Å². The van der Waals surface area contributed by atoms with E-state index in [1.165, 1.54) is 30.7 Å². The molecule has 0 radical (unpaired) electrons. The van der Waals surface area contributed by atoms with Gasteiger partial charge in [-0.05, 0) is 60.6 Å². The lowest BCUT2D eigenvalue weighted by atomic mass is 10.00. The van der Waals surface area contributed by atoms with Gasteiger partial charge >= 0.3 is 0 Å². The fourth-order valence-electron chi connectivity index (χ4n) is 4.76. The van der Waals surface area contributed by atoms with Crippen LogP contribution in [0.2, 0.25) is 0 Å². The maximum absolute atomic E-state index is 13.3. The highest BCUT2D eigenvalue weighted by Crippen LogP contribution is 2.38. The zero-order chi connectivity index (χ0) is 23.9. The molecule has 1 saturated heterocycles. The minimum Gasteiger partial charge on any atom is -0.328 e. The molecule has 0 amide bonds. The summed E-state index contributed by atoms with van der Waals surface area (Å²) in [7, 11) is 0. The maximum Gasteiger partial charge on any atom is 0.246 e. The summed E-state index contributed by atoms with van der Waals surface area (Å²) in [6.07, 6.45) is 8.23. The molecule has 1 aliphatic carbocycles.